The minimum atomic E-state index is -1.06. The number of nitrogens with one attached hydrogen (secondary N) is 2. The van der Waals surface area contributed by atoms with Crippen LogP contribution in [0.15, 0.2) is 0 Å². The SMILES string of the molecule is CCOC(=O)[C@H]1[C@H](C(=O)NO)[C@@H]1[C@H](NB(C)O)C(=O)OCC. The average Bonchev–Trinajstić information content (AvgIpc) is 3.19. The van der Waals surface area contributed by atoms with Crippen molar-refractivity contribution in [2.75, 3.05) is 13.2 Å². The molecule has 0 aliphatic heterocycles. The summed E-state index contributed by atoms with van der Waals surface area (Å²) >= 11 is 0. The Morgan fingerprint density at radius 3 is 2.23 bits per heavy atom. The lowest BCUT2D eigenvalue weighted by Crippen LogP contribution is -2.48. The number of ether oxygens (including phenoxy) is 2. The van der Waals surface area contributed by atoms with Gasteiger partial charge in [-0.2, -0.15) is 0 Å². The van der Waals surface area contributed by atoms with Crippen LogP contribution in [0.5, 0.6) is 0 Å². The molecule has 124 valence electrons. The van der Waals surface area contributed by atoms with E-state index < -0.39 is 48.7 Å². The van der Waals surface area contributed by atoms with Gasteiger partial charge in [0.1, 0.15) is 6.04 Å². The van der Waals surface area contributed by atoms with E-state index in [1.54, 1.807) is 13.8 Å². The van der Waals surface area contributed by atoms with Gasteiger partial charge >= 0.3 is 19.0 Å². The summed E-state index contributed by atoms with van der Waals surface area (Å²) in [4.78, 5) is 35.6. The monoisotopic (exact) mass is 316 g/mol. The largest absolute Gasteiger partial charge is 0.466 e. The fourth-order valence-corrected chi connectivity index (χ4v) is 2.53. The standard InChI is InChI=1S/C12H21BN2O7/c1-4-21-11(17)8-6(7(8)10(16)15-20)9(14-13(3)19)12(18)22-5-2/h6-9,14,19-20H,4-5H2,1-3H3,(H,15,16)/t6-,7+,8+,9-/m0/s1. The number of hydrogen-bond donors (Lipinski definition) is 4. The van der Waals surface area contributed by atoms with E-state index in [9.17, 15) is 19.4 Å². The summed E-state index contributed by atoms with van der Waals surface area (Å²) in [6, 6.07) is -1.06. The highest BCUT2D eigenvalue weighted by molar-refractivity contribution is 6.46. The van der Waals surface area contributed by atoms with Crippen molar-refractivity contribution in [2.45, 2.75) is 26.7 Å². The Morgan fingerprint density at radius 1 is 1.18 bits per heavy atom. The predicted molar refractivity (Wildman–Crippen MR) is 74.4 cm³/mol. The Bertz CT molecular complexity index is 432. The lowest BCUT2D eigenvalue weighted by Gasteiger charge is -2.18. The second-order valence-electron chi connectivity index (χ2n) is 4.93. The third-order valence-corrected chi connectivity index (χ3v) is 3.39. The average molecular weight is 316 g/mol. The van der Waals surface area contributed by atoms with Crippen LogP contribution in [0.1, 0.15) is 13.8 Å². The minimum Gasteiger partial charge on any atom is -0.466 e. The molecule has 9 nitrogen and oxygen atoms in total. The predicted octanol–water partition coefficient (Wildman–Crippen LogP) is -1.45. The van der Waals surface area contributed by atoms with Gasteiger partial charge in [0.2, 0.25) is 5.91 Å². The Balaban J connectivity index is 2.96. The maximum absolute atomic E-state index is 12.0. The molecule has 1 saturated carbocycles. The molecule has 1 rings (SSSR count). The van der Waals surface area contributed by atoms with Crippen molar-refractivity contribution in [3.63, 3.8) is 0 Å². The molecule has 0 aromatic carbocycles. The molecule has 1 fully saturated rings. The molecule has 4 N–H and O–H groups in total. The fourth-order valence-electron chi connectivity index (χ4n) is 2.53. The zero-order valence-electron chi connectivity index (χ0n) is 12.7. The van der Waals surface area contributed by atoms with Gasteiger partial charge in [-0.05, 0) is 20.7 Å². The van der Waals surface area contributed by atoms with Crippen molar-refractivity contribution in [2.24, 2.45) is 17.8 Å². The highest BCUT2D eigenvalue weighted by Gasteiger charge is 2.64. The van der Waals surface area contributed by atoms with Crippen LogP contribution in [0.4, 0.5) is 0 Å². The quantitative estimate of drug-likeness (QED) is 0.185. The first kappa shape index (κ1) is 18.4. The van der Waals surface area contributed by atoms with Gasteiger partial charge in [0, 0.05) is 5.92 Å². The summed E-state index contributed by atoms with van der Waals surface area (Å²) < 4.78 is 9.77. The second-order valence-corrected chi connectivity index (χ2v) is 4.93. The molecule has 1 amide bonds. The Hall–Kier alpha value is -1.65. The van der Waals surface area contributed by atoms with Crippen LogP contribution in [0, 0.1) is 17.8 Å². The second kappa shape index (κ2) is 8.11. The first-order chi connectivity index (χ1) is 10.4. The molecule has 4 atom stereocenters. The molecule has 0 heterocycles. The van der Waals surface area contributed by atoms with Crippen LogP contribution in [0.3, 0.4) is 0 Å². The van der Waals surface area contributed by atoms with Gasteiger partial charge in [0.25, 0.3) is 0 Å². The molecule has 1 aliphatic carbocycles. The molecule has 0 spiro atoms. The normalized spacial score (nSPS) is 24.1. The molecular formula is C12H21BN2O7. The van der Waals surface area contributed by atoms with Crippen LogP contribution >= 0.6 is 0 Å². The molecular weight excluding hydrogens is 295 g/mol. The van der Waals surface area contributed by atoms with Crippen LogP contribution in [-0.4, -0.2) is 54.4 Å². The Kier molecular flexibility index (Phi) is 6.78. The summed E-state index contributed by atoms with van der Waals surface area (Å²) in [5.41, 5.74) is 1.47. The van der Waals surface area contributed by atoms with Crippen LogP contribution in [0.25, 0.3) is 0 Å². The van der Waals surface area contributed by atoms with Gasteiger partial charge in [0.05, 0.1) is 25.0 Å². The van der Waals surface area contributed by atoms with E-state index >= 15 is 0 Å². The smallest absolute Gasteiger partial charge is 0.374 e. The summed E-state index contributed by atoms with van der Waals surface area (Å²) in [6.45, 7) is 4.88. The van der Waals surface area contributed by atoms with Crippen molar-refractivity contribution in [1.29, 1.82) is 0 Å². The van der Waals surface area contributed by atoms with Crippen molar-refractivity contribution in [3.8, 4) is 0 Å². The first-order valence-corrected chi connectivity index (χ1v) is 7.10. The van der Waals surface area contributed by atoms with Gasteiger partial charge < -0.3 is 19.7 Å². The number of rotatable bonds is 8. The van der Waals surface area contributed by atoms with E-state index in [1.165, 1.54) is 12.3 Å². The highest BCUT2D eigenvalue weighted by Crippen LogP contribution is 2.49. The molecule has 0 aromatic rings. The van der Waals surface area contributed by atoms with E-state index in [1.807, 2.05) is 0 Å². The highest BCUT2D eigenvalue weighted by atomic mass is 16.5. The minimum absolute atomic E-state index is 0.116. The van der Waals surface area contributed by atoms with Gasteiger partial charge in [-0.3, -0.25) is 19.6 Å². The van der Waals surface area contributed by atoms with E-state index in [-0.39, 0.29) is 13.2 Å². The zero-order valence-corrected chi connectivity index (χ0v) is 12.7. The number of hydroxylamine groups is 1. The summed E-state index contributed by atoms with van der Waals surface area (Å²) in [6.07, 6.45) is 0. The van der Waals surface area contributed by atoms with E-state index in [2.05, 4.69) is 5.23 Å². The third kappa shape index (κ3) is 4.18. The molecule has 10 heteroatoms. The van der Waals surface area contributed by atoms with Crippen LogP contribution in [0.2, 0.25) is 6.82 Å². The van der Waals surface area contributed by atoms with Crippen molar-refractivity contribution < 1.29 is 34.1 Å². The first-order valence-electron chi connectivity index (χ1n) is 7.10. The number of carbonyl (C=O) groups is 3. The zero-order chi connectivity index (χ0) is 16.9. The van der Waals surface area contributed by atoms with E-state index in [4.69, 9.17) is 14.7 Å². The molecule has 0 saturated heterocycles. The van der Waals surface area contributed by atoms with Crippen molar-refractivity contribution in [1.82, 2.24) is 10.7 Å². The van der Waals surface area contributed by atoms with Crippen LogP contribution < -0.4 is 10.7 Å². The molecule has 22 heavy (non-hydrogen) atoms. The Morgan fingerprint density at radius 2 is 1.77 bits per heavy atom. The van der Waals surface area contributed by atoms with Gasteiger partial charge in [-0.15, -0.1) is 0 Å². The Labute approximate surface area is 128 Å². The maximum atomic E-state index is 12.0. The lowest BCUT2D eigenvalue weighted by molar-refractivity contribution is -0.147. The van der Waals surface area contributed by atoms with E-state index in [0.29, 0.717) is 0 Å². The molecule has 0 unspecified atom stereocenters. The number of carbonyl (C=O) groups excluding carboxylic acids is 3. The topological polar surface area (TPSA) is 134 Å². The van der Waals surface area contributed by atoms with Gasteiger partial charge in [-0.1, -0.05) is 0 Å². The van der Waals surface area contributed by atoms with Crippen molar-refractivity contribution >= 4 is 24.9 Å². The van der Waals surface area contributed by atoms with Gasteiger partial charge in [0.15, 0.2) is 0 Å². The molecule has 0 aromatic heterocycles. The lowest BCUT2D eigenvalue weighted by atomic mass is 9.86. The fraction of sp³-hybridized carbons (Fsp3) is 0.750. The summed E-state index contributed by atoms with van der Waals surface area (Å²) in [5.74, 6) is -4.68. The summed E-state index contributed by atoms with van der Waals surface area (Å²) in [7, 11) is -1.05. The van der Waals surface area contributed by atoms with Crippen molar-refractivity contribution in [3.05, 3.63) is 0 Å². The molecule has 0 bridgehead atoms. The van der Waals surface area contributed by atoms with E-state index in [0.717, 1.165) is 0 Å². The van der Waals surface area contributed by atoms with Gasteiger partial charge in [-0.25, -0.2) is 5.48 Å². The third-order valence-electron chi connectivity index (χ3n) is 3.39. The maximum Gasteiger partial charge on any atom is 0.374 e. The molecule has 0 radical (unpaired) electrons. The summed E-state index contributed by atoms with van der Waals surface area (Å²) in [5, 5.41) is 20.8. The number of hydrogen-bond acceptors (Lipinski definition) is 8. The van der Waals surface area contributed by atoms with Crippen LogP contribution in [-0.2, 0) is 23.9 Å². The molecule has 1 aliphatic rings. The number of esters is 2. The number of amides is 1.